The lowest BCUT2D eigenvalue weighted by atomic mass is 10.2. The van der Waals surface area contributed by atoms with Crippen molar-refractivity contribution in [3.8, 4) is 17.0 Å². The fourth-order valence-corrected chi connectivity index (χ4v) is 2.64. The van der Waals surface area contributed by atoms with E-state index in [0.717, 1.165) is 22.0 Å². The van der Waals surface area contributed by atoms with Gasteiger partial charge in [-0.05, 0) is 12.1 Å². The van der Waals surface area contributed by atoms with Crippen molar-refractivity contribution in [1.82, 2.24) is 14.6 Å². The Morgan fingerprint density at radius 1 is 1.44 bits per heavy atom. The second-order valence-electron chi connectivity index (χ2n) is 3.78. The van der Waals surface area contributed by atoms with Gasteiger partial charge in [-0.25, -0.2) is 9.50 Å². The average Bonchev–Trinajstić information content (AvgIpc) is 2.98. The molecule has 0 saturated heterocycles. The van der Waals surface area contributed by atoms with Crippen molar-refractivity contribution in [3.63, 3.8) is 0 Å². The minimum Gasteiger partial charge on any atom is -0.497 e. The van der Waals surface area contributed by atoms with Gasteiger partial charge in [-0.3, -0.25) is 0 Å². The number of thiazole rings is 1. The standard InChI is InChI=1S/C12H12N4OS/c1-17-9-4-2-3-8(5-9)10-7-18-12-14-11(6-13)15-16(10)12/h2-5,7H,6,13H2,1H3. The van der Waals surface area contributed by atoms with Crippen LogP contribution in [0.25, 0.3) is 16.2 Å². The van der Waals surface area contributed by atoms with E-state index in [1.165, 1.54) is 0 Å². The van der Waals surface area contributed by atoms with Crippen molar-refractivity contribution in [2.24, 2.45) is 5.73 Å². The van der Waals surface area contributed by atoms with E-state index in [1.807, 2.05) is 34.2 Å². The molecule has 0 unspecified atom stereocenters. The first-order valence-electron chi connectivity index (χ1n) is 5.49. The number of fused-ring (bicyclic) bond motifs is 1. The largest absolute Gasteiger partial charge is 0.497 e. The van der Waals surface area contributed by atoms with E-state index in [4.69, 9.17) is 10.5 Å². The third-order valence-corrected chi connectivity index (χ3v) is 3.49. The average molecular weight is 260 g/mol. The Balaban J connectivity index is 2.14. The highest BCUT2D eigenvalue weighted by Gasteiger charge is 2.11. The first kappa shape index (κ1) is 11.2. The number of methoxy groups -OCH3 is 1. The SMILES string of the molecule is COc1cccc(-c2csc3nc(CN)nn23)c1. The van der Waals surface area contributed by atoms with Crippen LogP contribution in [-0.4, -0.2) is 21.7 Å². The van der Waals surface area contributed by atoms with Crippen molar-refractivity contribution in [1.29, 1.82) is 0 Å². The highest BCUT2D eigenvalue weighted by atomic mass is 32.1. The lowest BCUT2D eigenvalue weighted by Gasteiger charge is -2.02. The van der Waals surface area contributed by atoms with Gasteiger partial charge in [0.1, 0.15) is 5.75 Å². The van der Waals surface area contributed by atoms with Gasteiger partial charge in [0.2, 0.25) is 4.96 Å². The molecule has 0 radical (unpaired) electrons. The summed E-state index contributed by atoms with van der Waals surface area (Å²) in [6.45, 7) is 0.353. The Kier molecular flexibility index (Phi) is 2.73. The van der Waals surface area contributed by atoms with Crippen molar-refractivity contribution < 1.29 is 4.74 Å². The van der Waals surface area contributed by atoms with Gasteiger partial charge in [0.25, 0.3) is 0 Å². The smallest absolute Gasteiger partial charge is 0.212 e. The molecular weight excluding hydrogens is 248 g/mol. The molecule has 0 aliphatic carbocycles. The Hall–Kier alpha value is -1.92. The topological polar surface area (TPSA) is 65.4 Å². The van der Waals surface area contributed by atoms with Gasteiger partial charge in [0.15, 0.2) is 5.82 Å². The molecule has 0 bridgehead atoms. The number of rotatable bonds is 3. The number of ether oxygens (including phenoxy) is 1. The fraction of sp³-hybridized carbons (Fsp3) is 0.167. The summed E-state index contributed by atoms with van der Waals surface area (Å²) in [4.78, 5) is 5.19. The van der Waals surface area contributed by atoms with Gasteiger partial charge in [-0.15, -0.1) is 16.4 Å². The zero-order valence-corrected chi connectivity index (χ0v) is 10.6. The lowest BCUT2D eigenvalue weighted by Crippen LogP contribution is -1.99. The van der Waals surface area contributed by atoms with Crippen LogP contribution < -0.4 is 10.5 Å². The summed E-state index contributed by atoms with van der Waals surface area (Å²) in [5, 5.41) is 6.41. The Bertz CT molecular complexity index is 688. The second kappa shape index (κ2) is 4.40. The highest BCUT2D eigenvalue weighted by molar-refractivity contribution is 7.15. The maximum Gasteiger partial charge on any atom is 0.212 e. The van der Waals surface area contributed by atoms with Crippen LogP contribution in [0, 0.1) is 0 Å². The normalized spacial score (nSPS) is 11.0. The van der Waals surface area contributed by atoms with Crippen molar-refractivity contribution in [3.05, 3.63) is 35.5 Å². The molecule has 3 aromatic rings. The number of nitrogens with two attached hydrogens (primary N) is 1. The van der Waals surface area contributed by atoms with Gasteiger partial charge in [0, 0.05) is 10.9 Å². The van der Waals surface area contributed by atoms with Crippen LogP contribution >= 0.6 is 11.3 Å². The van der Waals surface area contributed by atoms with Gasteiger partial charge in [-0.2, -0.15) is 0 Å². The quantitative estimate of drug-likeness (QED) is 0.781. The molecule has 0 amide bonds. The first-order chi connectivity index (χ1) is 8.81. The van der Waals surface area contributed by atoms with Gasteiger partial charge < -0.3 is 10.5 Å². The highest BCUT2D eigenvalue weighted by Crippen LogP contribution is 2.27. The molecule has 0 saturated carbocycles. The summed E-state index contributed by atoms with van der Waals surface area (Å²) in [5.74, 6) is 1.48. The van der Waals surface area contributed by atoms with E-state index in [9.17, 15) is 0 Å². The minimum absolute atomic E-state index is 0.353. The van der Waals surface area contributed by atoms with E-state index >= 15 is 0 Å². The molecule has 0 spiro atoms. The van der Waals surface area contributed by atoms with E-state index in [1.54, 1.807) is 18.4 Å². The molecule has 0 aliphatic heterocycles. The third-order valence-electron chi connectivity index (χ3n) is 2.67. The molecule has 2 N–H and O–H groups in total. The van der Waals surface area contributed by atoms with Gasteiger partial charge in [0.05, 0.1) is 19.3 Å². The van der Waals surface area contributed by atoms with Crippen LogP contribution in [0.4, 0.5) is 0 Å². The molecule has 0 atom stereocenters. The maximum atomic E-state index is 5.55. The predicted molar refractivity (Wildman–Crippen MR) is 70.7 cm³/mol. The van der Waals surface area contributed by atoms with Crippen molar-refractivity contribution >= 4 is 16.3 Å². The summed E-state index contributed by atoms with van der Waals surface area (Å²) in [6, 6.07) is 7.87. The van der Waals surface area contributed by atoms with Gasteiger partial charge in [-0.1, -0.05) is 12.1 Å². The van der Waals surface area contributed by atoms with E-state index in [2.05, 4.69) is 10.1 Å². The van der Waals surface area contributed by atoms with Crippen LogP contribution in [0.1, 0.15) is 5.82 Å². The third kappa shape index (κ3) is 1.75. The van der Waals surface area contributed by atoms with Crippen LogP contribution in [0.2, 0.25) is 0 Å². The molecule has 5 nitrogen and oxygen atoms in total. The summed E-state index contributed by atoms with van der Waals surface area (Å²) in [6.07, 6.45) is 0. The van der Waals surface area contributed by atoms with Crippen LogP contribution in [0.3, 0.4) is 0 Å². The number of aromatic nitrogens is 3. The number of hydrogen-bond donors (Lipinski definition) is 1. The Morgan fingerprint density at radius 2 is 2.33 bits per heavy atom. The molecule has 2 heterocycles. The summed E-state index contributed by atoms with van der Waals surface area (Å²) in [5.41, 5.74) is 7.60. The molecule has 6 heteroatoms. The van der Waals surface area contributed by atoms with E-state index in [0.29, 0.717) is 12.4 Å². The van der Waals surface area contributed by atoms with Crippen LogP contribution in [0.15, 0.2) is 29.6 Å². The Labute approximate surface area is 108 Å². The minimum atomic E-state index is 0.353. The molecule has 1 aromatic carbocycles. The van der Waals surface area contributed by atoms with E-state index < -0.39 is 0 Å². The predicted octanol–water partition coefficient (Wildman–Crippen LogP) is 1.93. The maximum absolute atomic E-state index is 5.55. The number of hydrogen-bond acceptors (Lipinski definition) is 5. The zero-order valence-electron chi connectivity index (χ0n) is 9.83. The molecule has 92 valence electrons. The lowest BCUT2D eigenvalue weighted by molar-refractivity contribution is 0.415. The van der Waals surface area contributed by atoms with Crippen molar-refractivity contribution in [2.45, 2.75) is 6.54 Å². The molecule has 0 fully saturated rings. The zero-order chi connectivity index (χ0) is 12.5. The van der Waals surface area contributed by atoms with Crippen molar-refractivity contribution in [2.75, 3.05) is 7.11 Å². The van der Waals surface area contributed by atoms with E-state index in [-0.39, 0.29) is 0 Å². The molecule has 18 heavy (non-hydrogen) atoms. The number of benzene rings is 1. The summed E-state index contributed by atoms with van der Waals surface area (Å²) >= 11 is 1.55. The fourth-order valence-electron chi connectivity index (χ4n) is 1.79. The Morgan fingerprint density at radius 3 is 3.11 bits per heavy atom. The summed E-state index contributed by atoms with van der Waals surface area (Å²) in [7, 11) is 1.66. The molecular formula is C12H12N4OS. The second-order valence-corrected chi connectivity index (χ2v) is 4.62. The van der Waals surface area contributed by atoms with Crippen LogP contribution in [0.5, 0.6) is 5.75 Å². The van der Waals surface area contributed by atoms with Crippen LogP contribution in [-0.2, 0) is 6.54 Å². The molecule has 0 aliphatic rings. The first-order valence-corrected chi connectivity index (χ1v) is 6.37. The van der Waals surface area contributed by atoms with Gasteiger partial charge >= 0.3 is 0 Å². The molecule has 3 rings (SSSR count). The summed E-state index contributed by atoms with van der Waals surface area (Å²) < 4.78 is 7.05. The monoisotopic (exact) mass is 260 g/mol. The molecule has 2 aromatic heterocycles. The number of nitrogens with zero attached hydrogens (tertiary/aromatic N) is 3.